The summed E-state index contributed by atoms with van der Waals surface area (Å²) in [6.45, 7) is -4.21. The number of rotatable bonds is 3. The highest BCUT2D eigenvalue weighted by atomic mass is 31.2. The Labute approximate surface area is 191 Å². The van der Waals surface area contributed by atoms with Crippen molar-refractivity contribution >= 4 is 50.6 Å². The first-order valence-electron chi connectivity index (χ1n) is 10.2. The Balaban J connectivity index is 2.07. The van der Waals surface area contributed by atoms with Gasteiger partial charge in [-0.1, -0.05) is 54.8 Å². The van der Waals surface area contributed by atoms with Gasteiger partial charge in [0.15, 0.2) is 23.3 Å². The molecule has 0 saturated heterocycles. The Hall–Kier alpha value is -3.50. The van der Waals surface area contributed by atoms with Crippen LogP contribution in [0.5, 0.6) is 0 Å². The summed E-state index contributed by atoms with van der Waals surface area (Å²) in [5.74, 6) is -8.53. The third kappa shape index (κ3) is 3.17. The smallest absolute Gasteiger partial charge is 0.169 e. The molecule has 0 aromatic heterocycles. The Kier molecular flexibility index (Phi) is 5.29. The molecule has 0 bridgehead atoms. The number of hydrogen-bond acceptors (Lipinski definition) is 0. The van der Waals surface area contributed by atoms with Crippen molar-refractivity contribution in [2.45, 2.75) is 0 Å². The molecule has 0 amide bonds. The van der Waals surface area contributed by atoms with Gasteiger partial charge < -0.3 is 0 Å². The molecule has 7 heteroatoms. The third-order valence-electron chi connectivity index (χ3n) is 5.96. The lowest BCUT2D eigenvalue weighted by Crippen LogP contribution is -2.34. The summed E-state index contributed by atoms with van der Waals surface area (Å²) in [6, 6.07) is 17.9. The van der Waals surface area contributed by atoms with Crippen molar-refractivity contribution in [3.05, 3.63) is 114 Å². The summed E-state index contributed by atoms with van der Waals surface area (Å²) in [7, 11) is 0. The fraction of sp³-hybridized carbons (Fsp3) is 0. The molecule has 5 aromatic rings. The molecule has 170 valence electrons. The molecule has 0 nitrogen and oxygen atoms in total. The minimum absolute atomic E-state index is 0.0913. The molecule has 0 spiro atoms. The van der Waals surface area contributed by atoms with Crippen LogP contribution in [0, 0.1) is 34.9 Å². The van der Waals surface area contributed by atoms with Gasteiger partial charge in [-0.2, -0.15) is 0 Å². The Bertz CT molecular complexity index is 1600. The first kappa shape index (κ1) is 22.3. The number of fused-ring (bicyclic) bond motifs is 3. The highest BCUT2D eigenvalue weighted by Gasteiger charge is 2.37. The summed E-state index contributed by atoms with van der Waals surface area (Å²) in [5, 5.41) is 0.697. The summed E-state index contributed by atoms with van der Waals surface area (Å²) >= 11 is 0. The van der Waals surface area contributed by atoms with Gasteiger partial charge in [0.2, 0.25) is 0 Å². The fourth-order valence-corrected chi connectivity index (χ4v) is 7.87. The van der Waals surface area contributed by atoms with Crippen LogP contribution in [0.15, 0.2) is 78.9 Å². The zero-order valence-electron chi connectivity index (χ0n) is 17.4. The van der Waals surface area contributed by atoms with E-state index in [0.717, 1.165) is 5.39 Å². The van der Waals surface area contributed by atoms with Gasteiger partial charge in [-0.3, -0.25) is 0 Å². The first-order chi connectivity index (χ1) is 16.2. The number of halogens is 6. The van der Waals surface area contributed by atoms with E-state index in [0.29, 0.717) is 40.4 Å². The van der Waals surface area contributed by atoms with Crippen molar-refractivity contribution in [1.29, 1.82) is 0 Å². The van der Waals surface area contributed by atoms with E-state index >= 15 is 17.6 Å². The predicted molar refractivity (Wildman–Crippen MR) is 127 cm³/mol. The molecule has 5 rings (SSSR count). The zero-order valence-corrected chi connectivity index (χ0v) is 18.3. The van der Waals surface area contributed by atoms with Crippen molar-refractivity contribution in [3.8, 4) is 0 Å². The average molecular weight is 484 g/mol. The van der Waals surface area contributed by atoms with E-state index in [1.54, 1.807) is 42.5 Å². The Morgan fingerprint density at radius 3 is 1.50 bits per heavy atom. The third-order valence-corrected chi connectivity index (χ3v) is 9.50. The SMILES string of the molecule is C=P(c1c(F)ccc(F)c1F)(c1c(F)ccc(F)c1F)c1cc2ccccc2c2ccccc12. The normalized spacial score (nSPS) is 11.9. The molecule has 0 heterocycles. The molecule has 0 saturated carbocycles. The minimum atomic E-state index is -4.21. The van der Waals surface area contributed by atoms with E-state index in [1.165, 1.54) is 6.07 Å². The molecule has 0 aliphatic heterocycles. The van der Waals surface area contributed by atoms with Crippen molar-refractivity contribution in [2.24, 2.45) is 0 Å². The van der Waals surface area contributed by atoms with Gasteiger partial charge in [-0.15, -0.1) is 0 Å². The lowest BCUT2D eigenvalue weighted by molar-refractivity contribution is 0.501. The van der Waals surface area contributed by atoms with Crippen LogP contribution < -0.4 is 15.9 Å². The summed E-state index contributed by atoms with van der Waals surface area (Å²) in [5.41, 5.74) is 0. The average Bonchev–Trinajstić information content (AvgIpc) is 2.83. The first-order valence-corrected chi connectivity index (χ1v) is 12.1. The quantitative estimate of drug-likeness (QED) is 0.118. The second-order valence-electron chi connectivity index (χ2n) is 7.86. The molecule has 0 atom stereocenters. The van der Waals surface area contributed by atoms with Crippen molar-refractivity contribution < 1.29 is 26.3 Å². The van der Waals surface area contributed by atoms with Crippen LogP contribution in [0.3, 0.4) is 0 Å². The predicted octanol–water partition coefficient (Wildman–Crippen LogP) is 6.55. The standard InChI is InChI=1S/C27H15F6P/c1-34(26-21(30)12-10-19(28)24(26)32,27-22(31)13-11-20(29)25(27)33)23-14-15-6-2-3-7-16(15)17-8-4-5-9-18(17)23/h2-14H,1H2. The molecule has 0 fully saturated rings. The van der Waals surface area contributed by atoms with Crippen molar-refractivity contribution in [3.63, 3.8) is 0 Å². The minimum Gasteiger partial charge on any atom is -0.206 e. The molecule has 0 aliphatic carbocycles. The highest BCUT2D eigenvalue weighted by molar-refractivity contribution is 7.93. The summed E-state index contributed by atoms with van der Waals surface area (Å²) in [6.07, 6.45) is 3.98. The van der Waals surface area contributed by atoms with Gasteiger partial charge in [0.1, 0.15) is 11.6 Å². The van der Waals surface area contributed by atoms with Crippen LogP contribution in [0.2, 0.25) is 0 Å². The lowest BCUT2D eigenvalue weighted by Gasteiger charge is -2.30. The maximum absolute atomic E-state index is 15.2. The van der Waals surface area contributed by atoms with Crippen LogP contribution in [0.1, 0.15) is 0 Å². The topological polar surface area (TPSA) is 0 Å². The summed E-state index contributed by atoms with van der Waals surface area (Å²) < 4.78 is 89.6. The Morgan fingerprint density at radius 2 is 0.941 bits per heavy atom. The van der Waals surface area contributed by atoms with E-state index < -0.39 is 52.4 Å². The van der Waals surface area contributed by atoms with Crippen LogP contribution in [-0.2, 0) is 0 Å². The van der Waals surface area contributed by atoms with Crippen molar-refractivity contribution in [1.82, 2.24) is 0 Å². The van der Waals surface area contributed by atoms with E-state index in [2.05, 4.69) is 6.30 Å². The van der Waals surface area contributed by atoms with Crippen LogP contribution in [0.25, 0.3) is 21.5 Å². The van der Waals surface area contributed by atoms with Gasteiger partial charge in [-0.25, -0.2) is 26.3 Å². The van der Waals surface area contributed by atoms with Crippen LogP contribution >= 0.6 is 6.89 Å². The summed E-state index contributed by atoms with van der Waals surface area (Å²) in [4.78, 5) is 0. The number of benzene rings is 5. The Morgan fingerprint density at radius 1 is 0.500 bits per heavy atom. The molecular weight excluding hydrogens is 469 g/mol. The van der Waals surface area contributed by atoms with Gasteiger partial charge in [0.25, 0.3) is 0 Å². The van der Waals surface area contributed by atoms with E-state index in [4.69, 9.17) is 0 Å². The zero-order chi connectivity index (χ0) is 24.2. The van der Waals surface area contributed by atoms with Gasteiger partial charge in [-0.05, 0) is 64.1 Å². The largest absolute Gasteiger partial charge is 0.206 e. The molecule has 0 unspecified atom stereocenters. The maximum atomic E-state index is 15.2. The molecular formula is C27H15F6P. The molecule has 0 radical (unpaired) electrons. The van der Waals surface area contributed by atoms with E-state index in [1.807, 2.05) is 6.07 Å². The lowest BCUT2D eigenvalue weighted by atomic mass is 10.0. The van der Waals surface area contributed by atoms with E-state index in [-0.39, 0.29) is 5.30 Å². The molecule has 34 heavy (non-hydrogen) atoms. The van der Waals surface area contributed by atoms with E-state index in [9.17, 15) is 8.78 Å². The second kappa shape index (κ2) is 8.07. The second-order valence-corrected chi connectivity index (χ2v) is 10.9. The van der Waals surface area contributed by atoms with Crippen molar-refractivity contribution in [2.75, 3.05) is 0 Å². The van der Waals surface area contributed by atoms with Crippen LogP contribution in [-0.4, -0.2) is 6.30 Å². The van der Waals surface area contributed by atoms with Gasteiger partial charge in [0.05, 0.1) is 10.6 Å². The van der Waals surface area contributed by atoms with Gasteiger partial charge in [0, 0.05) is 0 Å². The maximum Gasteiger partial charge on any atom is 0.169 e. The highest BCUT2D eigenvalue weighted by Crippen LogP contribution is 2.48. The molecule has 5 aromatic carbocycles. The number of hydrogen-bond donors (Lipinski definition) is 0. The monoisotopic (exact) mass is 484 g/mol. The molecule has 0 N–H and O–H groups in total. The fourth-order valence-electron chi connectivity index (χ4n) is 4.44. The van der Waals surface area contributed by atoms with Crippen LogP contribution in [0.4, 0.5) is 26.3 Å². The molecule has 0 aliphatic rings. The van der Waals surface area contributed by atoms with Gasteiger partial charge >= 0.3 is 0 Å².